The van der Waals surface area contributed by atoms with Crippen molar-refractivity contribution in [2.75, 3.05) is 11.1 Å². The summed E-state index contributed by atoms with van der Waals surface area (Å²) >= 11 is 2.97. The van der Waals surface area contributed by atoms with E-state index in [0.717, 1.165) is 20.2 Å². The number of hydrogen-bond donors (Lipinski definition) is 1. The van der Waals surface area contributed by atoms with Gasteiger partial charge in [-0.2, -0.15) is 0 Å². The van der Waals surface area contributed by atoms with Gasteiger partial charge in [-0.3, -0.25) is 9.59 Å². The number of carbonyl (C=O) groups excluding carboxylic acids is 2. The van der Waals surface area contributed by atoms with E-state index in [1.807, 2.05) is 36.4 Å². The Morgan fingerprint density at radius 3 is 2.70 bits per heavy atom. The van der Waals surface area contributed by atoms with Crippen LogP contribution in [0, 0.1) is 0 Å². The molecule has 4 nitrogen and oxygen atoms in total. The Balaban J connectivity index is 1.77. The number of fused-ring (bicyclic) bond motifs is 1. The molecule has 1 heterocycles. The lowest BCUT2D eigenvalue weighted by atomic mass is 10.2. The number of hydrogen-bond acceptors (Lipinski definition) is 5. The zero-order valence-electron chi connectivity index (χ0n) is 12.4. The Morgan fingerprint density at radius 1 is 1.17 bits per heavy atom. The second-order valence-corrected chi connectivity index (χ2v) is 7.23. The fourth-order valence-electron chi connectivity index (χ4n) is 2.00. The number of aromatic nitrogens is 1. The molecular formula is C17H14N2O2S2. The van der Waals surface area contributed by atoms with Crippen molar-refractivity contribution in [3.8, 4) is 0 Å². The van der Waals surface area contributed by atoms with Gasteiger partial charge in [0.25, 0.3) is 5.91 Å². The predicted octanol–water partition coefficient (Wildman–Crippen LogP) is 4.23. The molecule has 0 unspecified atom stereocenters. The maximum absolute atomic E-state index is 12.2. The number of ketones is 1. The van der Waals surface area contributed by atoms with E-state index in [1.54, 1.807) is 19.1 Å². The standard InChI is InChI=1S/C17H14N2O2S2/c1-11(20)10-22-17-19-14-8-7-13(9-15(14)23-17)18-16(21)12-5-3-2-4-6-12/h2-9H,10H2,1H3,(H,18,21). The summed E-state index contributed by atoms with van der Waals surface area (Å²) in [5.41, 5.74) is 2.23. The first-order valence-corrected chi connectivity index (χ1v) is 8.81. The zero-order valence-corrected chi connectivity index (χ0v) is 14.0. The lowest BCUT2D eigenvalue weighted by Crippen LogP contribution is -2.11. The third kappa shape index (κ3) is 3.97. The van der Waals surface area contributed by atoms with Crippen LogP contribution >= 0.6 is 23.1 Å². The van der Waals surface area contributed by atoms with Crippen LogP contribution in [0.25, 0.3) is 10.2 Å². The van der Waals surface area contributed by atoms with Crippen LogP contribution in [0.4, 0.5) is 5.69 Å². The third-order valence-electron chi connectivity index (χ3n) is 3.06. The first-order chi connectivity index (χ1) is 11.1. The number of thiazole rings is 1. The SMILES string of the molecule is CC(=O)CSc1nc2ccc(NC(=O)c3ccccc3)cc2s1. The Kier molecular flexibility index (Phi) is 4.73. The van der Waals surface area contributed by atoms with Gasteiger partial charge in [0.1, 0.15) is 5.78 Å². The highest BCUT2D eigenvalue weighted by Crippen LogP contribution is 2.31. The molecule has 0 saturated carbocycles. The van der Waals surface area contributed by atoms with Crippen molar-refractivity contribution in [1.82, 2.24) is 4.98 Å². The van der Waals surface area contributed by atoms with Gasteiger partial charge in [-0.15, -0.1) is 11.3 Å². The number of thioether (sulfide) groups is 1. The normalized spacial score (nSPS) is 10.7. The number of Topliss-reactive ketones (excluding diaryl/α,β-unsaturated/α-hetero) is 1. The predicted molar refractivity (Wildman–Crippen MR) is 95.4 cm³/mol. The van der Waals surface area contributed by atoms with Crippen LogP contribution in [0.3, 0.4) is 0 Å². The fourth-order valence-corrected chi connectivity index (χ4v) is 3.91. The first-order valence-electron chi connectivity index (χ1n) is 7.01. The zero-order chi connectivity index (χ0) is 16.2. The summed E-state index contributed by atoms with van der Waals surface area (Å²) in [6.45, 7) is 1.57. The van der Waals surface area contributed by atoms with Crippen molar-refractivity contribution >= 4 is 50.7 Å². The van der Waals surface area contributed by atoms with Crippen molar-refractivity contribution in [3.05, 3.63) is 54.1 Å². The van der Waals surface area contributed by atoms with Gasteiger partial charge in [-0.25, -0.2) is 4.98 Å². The quantitative estimate of drug-likeness (QED) is 0.705. The van der Waals surface area contributed by atoms with E-state index in [-0.39, 0.29) is 11.7 Å². The molecule has 3 aromatic rings. The summed E-state index contributed by atoms with van der Waals surface area (Å²) in [5, 5.41) is 2.89. The number of nitrogens with zero attached hydrogens (tertiary/aromatic N) is 1. The third-order valence-corrected chi connectivity index (χ3v) is 5.37. The van der Waals surface area contributed by atoms with E-state index in [4.69, 9.17) is 0 Å². The molecule has 0 aliphatic carbocycles. The largest absolute Gasteiger partial charge is 0.322 e. The van der Waals surface area contributed by atoms with Gasteiger partial charge in [-0.05, 0) is 37.3 Å². The lowest BCUT2D eigenvalue weighted by Gasteiger charge is -2.04. The van der Waals surface area contributed by atoms with Crippen molar-refractivity contribution < 1.29 is 9.59 Å². The van der Waals surface area contributed by atoms with Crippen molar-refractivity contribution in [2.24, 2.45) is 0 Å². The second-order valence-electron chi connectivity index (χ2n) is 4.97. The molecule has 6 heteroatoms. The van der Waals surface area contributed by atoms with Gasteiger partial charge in [0, 0.05) is 11.3 Å². The summed E-state index contributed by atoms with van der Waals surface area (Å²) in [5.74, 6) is 0.419. The molecular weight excluding hydrogens is 328 g/mol. The number of benzene rings is 2. The summed E-state index contributed by atoms with van der Waals surface area (Å²) in [4.78, 5) is 27.7. The van der Waals surface area contributed by atoms with Crippen LogP contribution in [0.1, 0.15) is 17.3 Å². The van der Waals surface area contributed by atoms with Crippen molar-refractivity contribution in [3.63, 3.8) is 0 Å². The number of rotatable bonds is 5. The minimum Gasteiger partial charge on any atom is -0.322 e. The molecule has 0 saturated heterocycles. The van der Waals surface area contributed by atoms with Gasteiger partial charge >= 0.3 is 0 Å². The Labute approximate surface area is 141 Å². The van der Waals surface area contributed by atoms with Gasteiger partial charge in [0.2, 0.25) is 0 Å². The molecule has 0 atom stereocenters. The number of nitrogens with one attached hydrogen (secondary N) is 1. The van der Waals surface area contributed by atoms with Crippen molar-refractivity contribution in [2.45, 2.75) is 11.3 Å². The van der Waals surface area contributed by atoms with E-state index >= 15 is 0 Å². The average molecular weight is 342 g/mol. The maximum Gasteiger partial charge on any atom is 0.255 e. The van der Waals surface area contributed by atoms with E-state index in [0.29, 0.717) is 11.3 Å². The van der Waals surface area contributed by atoms with Crippen LogP contribution in [0.5, 0.6) is 0 Å². The summed E-state index contributed by atoms with van der Waals surface area (Å²) in [7, 11) is 0. The fraction of sp³-hybridized carbons (Fsp3) is 0.118. The highest BCUT2D eigenvalue weighted by Gasteiger charge is 2.09. The van der Waals surface area contributed by atoms with Gasteiger partial charge in [0.15, 0.2) is 4.34 Å². The number of carbonyl (C=O) groups is 2. The lowest BCUT2D eigenvalue weighted by molar-refractivity contribution is -0.114. The Hall–Kier alpha value is -2.18. The minimum absolute atomic E-state index is 0.130. The topological polar surface area (TPSA) is 59.1 Å². The molecule has 0 radical (unpaired) electrons. The highest BCUT2D eigenvalue weighted by molar-refractivity contribution is 8.01. The molecule has 116 valence electrons. The van der Waals surface area contributed by atoms with E-state index in [9.17, 15) is 9.59 Å². The number of amides is 1. The molecule has 1 aromatic heterocycles. The average Bonchev–Trinajstić information content (AvgIpc) is 2.96. The second kappa shape index (κ2) is 6.93. The van der Waals surface area contributed by atoms with E-state index in [2.05, 4.69) is 10.3 Å². The van der Waals surface area contributed by atoms with E-state index in [1.165, 1.54) is 23.1 Å². The summed E-state index contributed by atoms with van der Waals surface area (Å²) < 4.78 is 1.85. The van der Waals surface area contributed by atoms with Crippen molar-refractivity contribution in [1.29, 1.82) is 0 Å². The molecule has 3 rings (SSSR count). The molecule has 0 aliphatic rings. The van der Waals surface area contributed by atoms with Crippen LogP contribution in [-0.4, -0.2) is 22.4 Å². The highest BCUT2D eigenvalue weighted by atomic mass is 32.2. The Bertz CT molecular complexity index is 859. The minimum atomic E-state index is -0.138. The molecule has 1 N–H and O–H groups in total. The van der Waals surface area contributed by atoms with Crippen LogP contribution in [0.15, 0.2) is 52.9 Å². The van der Waals surface area contributed by atoms with E-state index < -0.39 is 0 Å². The molecule has 0 aliphatic heterocycles. The molecule has 23 heavy (non-hydrogen) atoms. The van der Waals surface area contributed by atoms with Gasteiger partial charge in [-0.1, -0.05) is 30.0 Å². The van der Waals surface area contributed by atoms with Gasteiger partial charge < -0.3 is 5.32 Å². The monoisotopic (exact) mass is 342 g/mol. The van der Waals surface area contributed by atoms with Crippen LogP contribution in [0.2, 0.25) is 0 Å². The first kappa shape index (κ1) is 15.7. The summed E-state index contributed by atoms with van der Waals surface area (Å²) in [6.07, 6.45) is 0. The molecule has 0 fully saturated rings. The summed E-state index contributed by atoms with van der Waals surface area (Å²) in [6, 6.07) is 14.7. The molecule has 2 aromatic carbocycles. The molecule has 1 amide bonds. The van der Waals surface area contributed by atoms with Crippen LogP contribution < -0.4 is 5.32 Å². The molecule has 0 bridgehead atoms. The Morgan fingerprint density at radius 2 is 1.96 bits per heavy atom. The number of anilines is 1. The van der Waals surface area contributed by atoms with Gasteiger partial charge in [0.05, 0.1) is 16.0 Å². The smallest absolute Gasteiger partial charge is 0.255 e. The van der Waals surface area contributed by atoms with Crippen LogP contribution in [-0.2, 0) is 4.79 Å². The maximum atomic E-state index is 12.2. The molecule has 0 spiro atoms.